The Morgan fingerprint density at radius 2 is 2.05 bits per heavy atom. The third-order valence-electron chi connectivity index (χ3n) is 7.46. The summed E-state index contributed by atoms with van der Waals surface area (Å²) < 4.78 is 16.4. The van der Waals surface area contributed by atoms with Gasteiger partial charge in [-0.3, -0.25) is 24.6 Å². The molecule has 13 heteroatoms. The second kappa shape index (κ2) is 9.61. The Bertz CT molecular complexity index is 1550. The van der Waals surface area contributed by atoms with Gasteiger partial charge in [0, 0.05) is 24.6 Å². The first kappa shape index (κ1) is 25.8. The number of aliphatic hydroxyl groups excluding tert-OH is 1. The molecule has 2 aromatic heterocycles. The van der Waals surface area contributed by atoms with Gasteiger partial charge in [-0.1, -0.05) is 6.07 Å². The summed E-state index contributed by atoms with van der Waals surface area (Å²) in [6.07, 6.45) is -0.878. The molecule has 3 aliphatic heterocycles. The number of aliphatic hydroxyl groups is 1. The topological polar surface area (TPSA) is 164 Å². The highest BCUT2D eigenvalue weighted by molar-refractivity contribution is 6.03. The first-order chi connectivity index (χ1) is 19.2. The van der Waals surface area contributed by atoms with E-state index in [2.05, 4.69) is 15.6 Å². The number of hydrogen-bond acceptors (Lipinski definition) is 10. The predicted molar refractivity (Wildman–Crippen MR) is 138 cm³/mol. The van der Waals surface area contributed by atoms with Gasteiger partial charge in [-0.15, -0.1) is 0 Å². The molecule has 2 fully saturated rings. The Balaban J connectivity index is 1.34. The van der Waals surface area contributed by atoms with Gasteiger partial charge in [0.1, 0.15) is 28.9 Å². The highest BCUT2D eigenvalue weighted by Gasteiger charge is 2.53. The maximum absolute atomic E-state index is 13.3. The molecule has 3 unspecified atom stereocenters. The Morgan fingerprint density at radius 1 is 1.23 bits per heavy atom. The van der Waals surface area contributed by atoms with Gasteiger partial charge < -0.3 is 29.2 Å². The molecular formula is C27H27N5O8. The van der Waals surface area contributed by atoms with Crippen LogP contribution in [0.5, 0.6) is 5.75 Å². The van der Waals surface area contributed by atoms with Crippen LogP contribution in [0.1, 0.15) is 41.4 Å². The number of ether oxygens (including phenoxy) is 2. The fourth-order valence-corrected chi connectivity index (χ4v) is 5.53. The van der Waals surface area contributed by atoms with Gasteiger partial charge in [-0.05, 0) is 43.2 Å². The normalized spacial score (nSPS) is 24.1. The van der Waals surface area contributed by atoms with Crippen LogP contribution in [0.3, 0.4) is 0 Å². The molecule has 2 saturated heterocycles. The summed E-state index contributed by atoms with van der Waals surface area (Å²) in [7, 11) is 1.51. The summed E-state index contributed by atoms with van der Waals surface area (Å²) in [6.45, 7) is 1.99. The van der Waals surface area contributed by atoms with E-state index in [1.54, 1.807) is 37.3 Å². The predicted octanol–water partition coefficient (Wildman–Crippen LogP) is 0.742. The molecule has 208 valence electrons. The maximum Gasteiger partial charge on any atom is 0.329 e. The number of pyridine rings is 1. The number of rotatable bonds is 7. The third-order valence-corrected chi connectivity index (χ3v) is 7.46. The van der Waals surface area contributed by atoms with Crippen molar-refractivity contribution in [3.8, 4) is 5.75 Å². The number of nitrogens with one attached hydrogen (secondary N) is 2. The molecular weight excluding hydrogens is 522 g/mol. The molecule has 0 aliphatic carbocycles. The van der Waals surface area contributed by atoms with Crippen LogP contribution in [0.2, 0.25) is 0 Å². The van der Waals surface area contributed by atoms with Gasteiger partial charge in [0.15, 0.2) is 17.5 Å². The number of amides is 3. The number of esters is 1. The van der Waals surface area contributed by atoms with E-state index >= 15 is 0 Å². The summed E-state index contributed by atoms with van der Waals surface area (Å²) >= 11 is 0. The maximum atomic E-state index is 13.3. The lowest BCUT2D eigenvalue weighted by molar-refractivity contribution is -0.144. The van der Waals surface area contributed by atoms with Gasteiger partial charge in [-0.2, -0.15) is 0 Å². The molecule has 0 spiro atoms. The highest BCUT2D eigenvalue weighted by Crippen LogP contribution is 2.36. The number of hydrogen-bond donors (Lipinski definition) is 3. The number of furan rings is 1. The molecule has 13 nitrogen and oxygen atoms in total. The van der Waals surface area contributed by atoms with Crippen LogP contribution in [-0.2, 0) is 31.2 Å². The molecule has 3 amide bonds. The standard InChI is InChI=1S/C27H27N5O8/c1-3-39-24(35)18-6-9-22(33)32(18)21-8-7-19-17(28-21)11-20(40-19)27(25(36)29-26(37)30-27)13-31-12-14-4-5-15(38-2)10-16(14)23(31)34/h4-5,7-8,10-11,18,26,30,37H,3,6,9,12-13H2,1-2H3,(H,29,36). The number of carbonyl (C=O) groups excluding carboxylic acids is 4. The SMILES string of the molecule is CCOC(=O)C1CCC(=O)N1c1ccc2oc(C3(CN4Cc5ccc(OC)cc5C4=O)NC(O)NC3=O)cc2n1. The van der Waals surface area contributed by atoms with E-state index in [9.17, 15) is 24.3 Å². The monoisotopic (exact) mass is 549 g/mol. The summed E-state index contributed by atoms with van der Waals surface area (Å²) in [5, 5.41) is 15.6. The first-order valence-corrected chi connectivity index (χ1v) is 12.9. The van der Waals surface area contributed by atoms with Crippen LogP contribution in [0.25, 0.3) is 11.1 Å². The zero-order valence-electron chi connectivity index (χ0n) is 21.8. The largest absolute Gasteiger partial charge is 0.497 e. The lowest BCUT2D eigenvalue weighted by atomic mass is 9.95. The van der Waals surface area contributed by atoms with Crippen LogP contribution < -0.4 is 20.3 Å². The molecule has 40 heavy (non-hydrogen) atoms. The second-order valence-corrected chi connectivity index (χ2v) is 9.84. The molecule has 1 aromatic carbocycles. The Morgan fingerprint density at radius 3 is 2.77 bits per heavy atom. The van der Waals surface area contributed by atoms with E-state index in [4.69, 9.17) is 13.9 Å². The molecule has 0 bridgehead atoms. The Hall–Kier alpha value is -4.49. The van der Waals surface area contributed by atoms with Crippen molar-refractivity contribution < 1.29 is 38.2 Å². The van der Waals surface area contributed by atoms with Crippen molar-refractivity contribution in [1.82, 2.24) is 20.5 Å². The molecule has 3 atom stereocenters. The van der Waals surface area contributed by atoms with E-state index in [1.165, 1.54) is 23.0 Å². The van der Waals surface area contributed by atoms with Crippen molar-refractivity contribution in [3.63, 3.8) is 0 Å². The number of carbonyl (C=O) groups is 4. The molecule has 0 saturated carbocycles. The molecule has 5 heterocycles. The number of nitrogens with zero attached hydrogens (tertiary/aromatic N) is 3. The second-order valence-electron chi connectivity index (χ2n) is 9.84. The van der Waals surface area contributed by atoms with Crippen LogP contribution in [0.15, 0.2) is 40.8 Å². The number of benzene rings is 1. The molecule has 0 radical (unpaired) electrons. The average Bonchev–Trinajstić information content (AvgIpc) is 3.68. The minimum absolute atomic E-state index is 0.122. The molecule has 3 aromatic rings. The fourth-order valence-electron chi connectivity index (χ4n) is 5.53. The Kier molecular flexibility index (Phi) is 6.19. The first-order valence-electron chi connectivity index (χ1n) is 12.9. The zero-order chi connectivity index (χ0) is 28.2. The smallest absolute Gasteiger partial charge is 0.329 e. The average molecular weight is 550 g/mol. The van der Waals surface area contributed by atoms with Gasteiger partial charge in [-0.25, -0.2) is 9.78 Å². The van der Waals surface area contributed by atoms with E-state index in [0.29, 0.717) is 28.8 Å². The van der Waals surface area contributed by atoms with E-state index < -0.39 is 29.8 Å². The van der Waals surface area contributed by atoms with Gasteiger partial charge >= 0.3 is 5.97 Å². The minimum atomic E-state index is -1.63. The minimum Gasteiger partial charge on any atom is -0.497 e. The van der Waals surface area contributed by atoms with Crippen LogP contribution in [-0.4, -0.2) is 71.3 Å². The van der Waals surface area contributed by atoms with E-state index in [0.717, 1.165) is 5.56 Å². The fraction of sp³-hybridized carbons (Fsp3) is 0.370. The molecule has 6 rings (SSSR count). The van der Waals surface area contributed by atoms with Crippen molar-refractivity contribution in [2.75, 3.05) is 25.2 Å². The number of methoxy groups -OCH3 is 1. The lowest BCUT2D eigenvalue weighted by Gasteiger charge is -2.29. The number of aromatic nitrogens is 1. The highest BCUT2D eigenvalue weighted by atomic mass is 16.5. The molecule has 3 N–H and O–H groups in total. The number of anilines is 1. The Labute approximate surface area is 228 Å². The van der Waals surface area contributed by atoms with Gasteiger partial charge in [0.25, 0.3) is 11.8 Å². The molecule has 3 aliphatic rings. The van der Waals surface area contributed by atoms with Gasteiger partial charge in [0.05, 0.1) is 20.3 Å². The lowest BCUT2D eigenvalue weighted by Crippen LogP contribution is -2.53. The van der Waals surface area contributed by atoms with Gasteiger partial charge in [0.2, 0.25) is 5.91 Å². The summed E-state index contributed by atoms with van der Waals surface area (Å²) in [5.74, 6) is -0.729. The summed E-state index contributed by atoms with van der Waals surface area (Å²) in [6, 6.07) is 9.10. The van der Waals surface area contributed by atoms with Crippen LogP contribution in [0, 0.1) is 0 Å². The van der Waals surface area contributed by atoms with E-state index in [1.807, 2.05) is 0 Å². The summed E-state index contributed by atoms with van der Waals surface area (Å²) in [5.41, 5.74) is 0.261. The number of fused-ring (bicyclic) bond motifs is 2. The van der Waals surface area contributed by atoms with Crippen LogP contribution in [0.4, 0.5) is 5.82 Å². The third kappa shape index (κ3) is 4.05. The van der Waals surface area contributed by atoms with Crippen molar-refractivity contribution in [3.05, 3.63) is 53.3 Å². The van der Waals surface area contributed by atoms with Crippen LogP contribution >= 0.6 is 0 Å². The van der Waals surface area contributed by atoms with Crippen molar-refractivity contribution in [2.24, 2.45) is 0 Å². The van der Waals surface area contributed by atoms with Crippen molar-refractivity contribution >= 4 is 40.6 Å². The van der Waals surface area contributed by atoms with E-state index in [-0.39, 0.29) is 49.5 Å². The van der Waals surface area contributed by atoms with Crippen molar-refractivity contribution in [2.45, 2.75) is 44.2 Å². The zero-order valence-corrected chi connectivity index (χ0v) is 21.8. The van der Waals surface area contributed by atoms with Crippen molar-refractivity contribution in [1.29, 1.82) is 0 Å². The summed E-state index contributed by atoms with van der Waals surface area (Å²) in [4.78, 5) is 59.0. The quantitative estimate of drug-likeness (QED) is 0.358.